The molecule has 0 aliphatic rings. The number of thioether (sulfide) groups is 1. The summed E-state index contributed by atoms with van der Waals surface area (Å²) >= 11 is 1.67. The molecule has 4 nitrogen and oxygen atoms in total. The Bertz CT molecular complexity index is 478. The summed E-state index contributed by atoms with van der Waals surface area (Å²) in [6.45, 7) is 0. The number of rotatable bonds is 4. The Labute approximate surface area is 97.7 Å². The van der Waals surface area contributed by atoms with E-state index in [2.05, 4.69) is 10.3 Å². The second-order valence-corrected chi connectivity index (χ2v) is 4.41. The van der Waals surface area contributed by atoms with Crippen LogP contribution in [0.2, 0.25) is 0 Å². The van der Waals surface area contributed by atoms with Crippen LogP contribution in [0.25, 0.3) is 0 Å². The standard InChI is InChI=1S/C11H11N3OS/c1-14-6-10(12-13-14)8-16-11-4-2-9(7-15)3-5-11/h2-7H,8H2,1H3. The zero-order valence-electron chi connectivity index (χ0n) is 8.83. The van der Waals surface area contributed by atoms with Crippen molar-refractivity contribution in [3.63, 3.8) is 0 Å². The fourth-order valence-corrected chi connectivity index (χ4v) is 2.04. The van der Waals surface area contributed by atoms with E-state index in [4.69, 9.17) is 0 Å². The molecule has 0 spiro atoms. The first kappa shape index (κ1) is 10.9. The molecule has 1 heterocycles. The van der Waals surface area contributed by atoms with E-state index in [1.165, 1.54) is 0 Å². The van der Waals surface area contributed by atoms with E-state index in [1.807, 2.05) is 37.5 Å². The molecule has 2 aromatic rings. The van der Waals surface area contributed by atoms with Crippen molar-refractivity contribution < 1.29 is 4.79 Å². The lowest BCUT2D eigenvalue weighted by Crippen LogP contribution is -1.85. The summed E-state index contributed by atoms with van der Waals surface area (Å²) in [5.74, 6) is 0.786. The first-order valence-electron chi connectivity index (χ1n) is 4.81. The van der Waals surface area contributed by atoms with Gasteiger partial charge in [-0.3, -0.25) is 9.48 Å². The van der Waals surface area contributed by atoms with Gasteiger partial charge in [0.2, 0.25) is 0 Å². The fraction of sp³-hybridized carbons (Fsp3) is 0.182. The molecule has 0 bridgehead atoms. The summed E-state index contributed by atoms with van der Waals surface area (Å²) < 4.78 is 1.69. The fourth-order valence-electron chi connectivity index (χ4n) is 1.26. The predicted molar refractivity (Wildman–Crippen MR) is 62.4 cm³/mol. The van der Waals surface area contributed by atoms with E-state index in [0.29, 0.717) is 5.56 Å². The molecule has 0 aliphatic heterocycles. The van der Waals surface area contributed by atoms with Crippen LogP contribution in [0.5, 0.6) is 0 Å². The van der Waals surface area contributed by atoms with Gasteiger partial charge in [-0.05, 0) is 12.1 Å². The van der Waals surface area contributed by atoms with Crippen LogP contribution in [0.15, 0.2) is 35.4 Å². The summed E-state index contributed by atoms with van der Waals surface area (Å²) in [4.78, 5) is 11.6. The lowest BCUT2D eigenvalue weighted by atomic mass is 10.2. The largest absolute Gasteiger partial charge is 0.298 e. The summed E-state index contributed by atoms with van der Waals surface area (Å²) in [5, 5.41) is 7.86. The van der Waals surface area contributed by atoms with Crippen LogP contribution in [0.3, 0.4) is 0 Å². The first-order valence-corrected chi connectivity index (χ1v) is 5.80. The van der Waals surface area contributed by atoms with Crippen LogP contribution in [-0.4, -0.2) is 21.3 Å². The van der Waals surface area contributed by atoms with Gasteiger partial charge in [-0.25, -0.2) is 0 Å². The Morgan fingerprint density at radius 1 is 1.38 bits per heavy atom. The van der Waals surface area contributed by atoms with Gasteiger partial charge in [0, 0.05) is 29.5 Å². The van der Waals surface area contributed by atoms with Gasteiger partial charge in [-0.2, -0.15) is 0 Å². The molecule has 0 N–H and O–H groups in total. The zero-order chi connectivity index (χ0) is 11.4. The number of carbonyl (C=O) groups is 1. The van der Waals surface area contributed by atoms with E-state index in [-0.39, 0.29) is 0 Å². The maximum absolute atomic E-state index is 10.5. The molecule has 2 rings (SSSR count). The molecule has 1 aromatic carbocycles. The minimum absolute atomic E-state index is 0.698. The minimum Gasteiger partial charge on any atom is -0.298 e. The normalized spacial score (nSPS) is 10.3. The van der Waals surface area contributed by atoms with Crippen molar-refractivity contribution in [2.24, 2.45) is 7.05 Å². The van der Waals surface area contributed by atoms with Gasteiger partial charge in [0.1, 0.15) is 6.29 Å². The number of nitrogens with zero attached hydrogens (tertiary/aromatic N) is 3. The van der Waals surface area contributed by atoms with Crippen molar-refractivity contribution >= 4 is 18.0 Å². The van der Waals surface area contributed by atoms with Gasteiger partial charge >= 0.3 is 0 Å². The van der Waals surface area contributed by atoms with Crippen LogP contribution in [-0.2, 0) is 12.8 Å². The second-order valence-electron chi connectivity index (χ2n) is 3.36. The maximum atomic E-state index is 10.5. The molecule has 0 radical (unpaired) electrons. The predicted octanol–water partition coefficient (Wildman–Crippen LogP) is 1.92. The van der Waals surface area contributed by atoms with Crippen LogP contribution in [0.4, 0.5) is 0 Å². The highest BCUT2D eigenvalue weighted by molar-refractivity contribution is 7.98. The highest BCUT2D eigenvalue weighted by Crippen LogP contribution is 2.21. The van der Waals surface area contributed by atoms with E-state index < -0.39 is 0 Å². The average molecular weight is 233 g/mol. The molecule has 16 heavy (non-hydrogen) atoms. The van der Waals surface area contributed by atoms with Crippen molar-refractivity contribution in [2.75, 3.05) is 0 Å². The van der Waals surface area contributed by atoms with Crippen LogP contribution in [0, 0.1) is 0 Å². The lowest BCUT2D eigenvalue weighted by molar-refractivity contribution is 0.112. The van der Waals surface area contributed by atoms with E-state index in [9.17, 15) is 4.79 Å². The van der Waals surface area contributed by atoms with Gasteiger partial charge in [0.25, 0.3) is 0 Å². The molecule has 0 fully saturated rings. The number of hydrogen-bond donors (Lipinski definition) is 0. The zero-order valence-corrected chi connectivity index (χ0v) is 9.65. The minimum atomic E-state index is 0.698. The summed E-state index contributed by atoms with van der Waals surface area (Å²) in [6, 6.07) is 7.49. The summed E-state index contributed by atoms with van der Waals surface area (Å²) in [7, 11) is 1.85. The Morgan fingerprint density at radius 2 is 2.12 bits per heavy atom. The van der Waals surface area contributed by atoms with Gasteiger partial charge in [0.05, 0.1) is 5.69 Å². The van der Waals surface area contributed by atoms with Crippen molar-refractivity contribution in [2.45, 2.75) is 10.6 Å². The monoisotopic (exact) mass is 233 g/mol. The Balaban J connectivity index is 1.96. The summed E-state index contributed by atoms with van der Waals surface area (Å²) in [5.41, 5.74) is 1.65. The van der Waals surface area contributed by atoms with Crippen molar-refractivity contribution in [3.05, 3.63) is 41.7 Å². The third kappa shape index (κ3) is 2.70. The van der Waals surface area contributed by atoms with E-state index in [0.717, 1.165) is 22.6 Å². The van der Waals surface area contributed by atoms with Gasteiger partial charge in [-0.15, -0.1) is 16.9 Å². The quantitative estimate of drug-likeness (QED) is 0.598. The molecule has 0 unspecified atom stereocenters. The molecule has 0 atom stereocenters. The number of aromatic nitrogens is 3. The first-order chi connectivity index (χ1) is 7.78. The van der Waals surface area contributed by atoms with Gasteiger partial charge < -0.3 is 0 Å². The second kappa shape index (κ2) is 4.94. The van der Waals surface area contributed by atoms with E-state index in [1.54, 1.807) is 16.4 Å². The molecule has 0 saturated carbocycles. The van der Waals surface area contributed by atoms with Crippen LogP contribution in [0.1, 0.15) is 16.1 Å². The smallest absolute Gasteiger partial charge is 0.150 e. The van der Waals surface area contributed by atoms with Crippen molar-refractivity contribution in [3.8, 4) is 0 Å². The molecule has 5 heteroatoms. The number of hydrogen-bond acceptors (Lipinski definition) is 4. The highest BCUT2D eigenvalue weighted by Gasteiger charge is 2.00. The van der Waals surface area contributed by atoms with Crippen molar-refractivity contribution in [1.29, 1.82) is 0 Å². The van der Waals surface area contributed by atoms with Gasteiger partial charge in [0.15, 0.2) is 0 Å². The molecular weight excluding hydrogens is 222 g/mol. The molecule has 1 aromatic heterocycles. The summed E-state index contributed by atoms with van der Waals surface area (Å²) in [6.07, 6.45) is 2.74. The van der Waals surface area contributed by atoms with E-state index >= 15 is 0 Å². The Kier molecular flexibility index (Phi) is 3.36. The third-order valence-electron chi connectivity index (χ3n) is 2.05. The Hall–Kier alpha value is -1.62. The average Bonchev–Trinajstić information content (AvgIpc) is 2.73. The van der Waals surface area contributed by atoms with Crippen LogP contribution >= 0.6 is 11.8 Å². The highest BCUT2D eigenvalue weighted by atomic mass is 32.2. The molecule has 0 amide bonds. The number of benzene rings is 1. The van der Waals surface area contributed by atoms with Gasteiger partial charge in [-0.1, -0.05) is 17.3 Å². The third-order valence-corrected chi connectivity index (χ3v) is 3.10. The number of aryl methyl sites for hydroxylation is 1. The Morgan fingerprint density at radius 3 is 2.69 bits per heavy atom. The maximum Gasteiger partial charge on any atom is 0.150 e. The SMILES string of the molecule is Cn1cc(CSc2ccc(C=O)cc2)nn1. The van der Waals surface area contributed by atoms with Crippen LogP contribution < -0.4 is 0 Å². The topological polar surface area (TPSA) is 47.8 Å². The van der Waals surface area contributed by atoms with Crippen molar-refractivity contribution in [1.82, 2.24) is 15.0 Å². The lowest BCUT2D eigenvalue weighted by Gasteiger charge is -1.98. The molecule has 0 saturated heterocycles. The molecule has 0 aliphatic carbocycles. The number of aldehydes is 1. The number of carbonyl (C=O) groups excluding carboxylic acids is 1. The molecular formula is C11H11N3OS. The molecule has 82 valence electrons.